The first kappa shape index (κ1) is 14.1. The van der Waals surface area contributed by atoms with Crippen LogP contribution in [0.15, 0.2) is 35.4 Å². The van der Waals surface area contributed by atoms with Gasteiger partial charge < -0.3 is 0 Å². The van der Waals surface area contributed by atoms with Crippen molar-refractivity contribution < 1.29 is 12.8 Å². The molecule has 0 aliphatic carbocycles. The largest absolute Gasteiger partial charge is 0.248 e. The zero-order valence-corrected chi connectivity index (χ0v) is 12.1. The number of aromatic nitrogens is 1. The van der Waals surface area contributed by atoms with E-state index < -0.39 is 21.9 Å². The molecular weight excluding hydrogens is 287 g/mol. The van der Waals surface area contributed by atoms with Crippen molar-refractivity contribution in [2.75, 3.05) is 0 Å². The Balaban J connectivity index is 2.19. The van der Waals surface area contributed by atoms with Crippen molar-refractivity contribution in [3.8, 4) is 0 Å². The SMILES string of the molecule is Cc1cnc(C(C)NS(=O)(=O)c2ccc(F)cc2)s1. The molecule has 0 bridgehead atoms. The Morgan fingerprint density at radius 1 is 1.32 bits per heavy atom. The van der Waals surface area contributed by atoms with E-state index in [1.165, 1.54) is 23.5 Å². The van der Waals surface area contributed by atoms with Crippen molar-refractivity contribution in [1.29, 1.82) is 0 Å². The molecule has 0 spiro atoms. The van der Waals surface area contributed by atoms with Gasteiger partial charge in [-0.3, -0.25) is 0 Å². The average Bonchev–Trinajstić information content (AvgIpc) is 2.76. The van der Waals surface area contributed by atoms with Crippen LogP contribution in [0.4, 0.5) is 4.39 Å². The van der Waals surface area contributed by atoms with Crippen LogP contribution in [0.25, 0.3) is 0 Å². The molecular formula is C12H13FN2O2S2. The lowest BCUT2D eigenvalue weighted by Gasteiger charge is -2.11. The van der Waals surface area contributed by atoms with Gasteiger partial charge >= 0.3 is 0 Å². The third-order valence-electron chi connectivity index (χ3n) is 2.47. The van der Waals surface area contributed by atoms with Crippen molar-refractivity contribution >= 4 is 21.4 Å². The van der Waals surface area contributed by atoms with Gasteiger partial charge in [0.25, 0.3) is 0 Å². The van der Waals surface area contributed by atoms with Gasteiger partial charge in [-0.15, -0.1) is 11.3 Å². The van der Waals surface area contributed by atoms with Gasteiger partial charge in [-0.05, 0) is 38.1 Å². The van der Waals surface area contributed by atoms with Gasteiger partial charge in [-0.2, -0.15) is 0 Å². The standard InChI is InChI=1S/C12H13FN2O2S2/c1-8-7-14-12(18-8)9(2)15-19(16,17)11-5-3-10(13)4-6-11/h3-7,9,15H,1-2H3. The summed E-state index contributed by atoms with van der Waals surface area (Å²) in [6, 6.07) is 4.28. The number of rotatable bonds is 4. The number of sulfonamides is 1. The van der Waals surface area contributed by atoms with Crippen LogP contribution >= 0.6 is 11.3 Å². The Hall–Kier alpha value is -1.31. The van der Waals surface area contributed by atoms with Crippen LogP contribution in [-0.4, -0.2) is 13.4 Å². The van der Waals surface area contributed by atoms with E-state index in [4.69, 9.17) is 0 Å². The average molecular weight is 300 g/mol. The molecule has 0 saturated heterocycles. The molecule has 0 radical (unpaired) electrons. The van der Waals surface area contributed by atoms with Crippen LogP contribution in [0.1, 0.15) is 22.9 Å². The van der Waals surface area contributed by atoms with Crippen molar-refractivity contribution in [2.24, 2.45) is 0 Å². The minimum absolute atomic E-state index is 0.0361. The second-order valence-corrected chi connectivity index (χ2v) is 7.09. The first-order chi connectivity index (χ1) is 8.88. The maximum absolute atomic E-state index is 12.8. The summed E-state index contributed by atoms with van der Waals surface area (Å²) in [7, 11) is -3.67. The maximum atomic E-state index is 12.8. The van der Waals surface area contributed by atoms with Gasteiger partial charge in [-0.1, -0.05) is 0 Å². The fourth-order valence-electron chi connectivity index (χ4n) is 1.54. The molecule has 102 valence electrons. The molecule has 0 saturated carbocycles. The predicted octanol–water partition coefficient (Wildman–Crippen LogP) is 2.63. The molecule has 1 heterocycles. The van der Waals surface area contributed by atoms with E-state index in [-0.39, 0.29) is 4.90 Å². The molecule has 1 N–H and O–H groups in total. The molecule has 0 fully saturated rings. The van der Waals surface area contributed by atoms with E-state index in [1.54, 1.807) is 13.1 Å². The minimum atomic E-state index is -3.67. The molecule has 2 rings (SSSR count). The minimum Gasteiger partial charge on any atom is -0.248 e. The van der Waals surface area contributed by atoms with E-state index in [0.717, 1.165) is 17.0 Å². The van der Waals surface area contributed by atoms with Gasteiger partial charge in [0.2, 0.25) is 10.0 Å². The monoisotopic (exact) mass is 300 g/mol. The molecule has 0 aliphatic rings. The number of hydrogen-bond acceptors (Lipinski definition) is 4. The van der Waals surface area contributed by atoms with Crippen LogP contribution in [0, 0.1) is 12.7 Å². The summed E-state index contributed by atoms with van der Waals surface area (Å²) in [6.07, 6.45) is 1.70. The molecule has 1 aromatic heterocycles. The molecule has 7 heteroatoms. The van der Waals surface area contributed by atoms with Gasteiger partial charge in [-0.25, -0.2) is 22.5 Å². The van der Waals surface area contributed by atoms with Crippen LogP contribution in [0.2, 0.25) is 0 Å². The highest BCUT2D eigenvalue weighted by Crippen LogP contribution is 2.21. The van der Waals surface area contributed by atoms with E-state index in [0.29, 0.717) is 5.01 Å². The van der Waals surface area contributed by atoms with Gasteiger partial charge in [0.1, 0.15) is 10.8 Å². The summed E-state index contributed by atoms with van der Waals surface area (Å²) in [5, 5.41) is 0.697. The van der Waals surface area contributed by atoms with Crippen LogP contribution in [0.5, 0.6) is 0 Å². The van der Waals surface area contributed by atoms with Crippen molar-refractivity contribution in [3.05, 3.63) is 46.2 Å². The van der Waals surface area contributed by atoms with E-state index >= 15 is 0 Å². The normalized spacial score (nSPS) is 13.4. The van der Waals surface area contributed by atoms with E-state index in [9.17, 15) is 12.8 Å². The summed E-state index contributed by atoms with van der Waals surface area (Å²) in [5.41, 5.74) is 0. The van der Waals surface area contributed by atoms with Gasteiger partial charge in [0.15, 0.2) is 0 Å². The summed E-state index contributed by atoms with van der Waals surface area (Å²) in [5.74, 6) is -0.470. The molecule has 1 aromatic carbocycles. The Kier molecular flexibility index (Phi) is 3.98. The summed E-state index contributed by atoms with van der Waals surface area (Å²) in [4.78, 5) is 5.19. The molecule has 0 aliphatic heterocycles. The lowest BCUT2D eigenvalue weighted by Crippen LogP contribution is -2.26. The third-order valence-corrected chi connectivity index (χ3v) is 5.12. The number of benzene rings is 1. The van der Waals surface area contributed by atoms with Crippen LogP contribution < -0.4 is 4.72 Å². The maximum Gasteiger partial charge on any atom is 0.241 e. The highest BCUT2D eigenvalue weighted by atomic mass is 32.2. The lowest BCUT2D eigenvalue weighted by molar-refractivity contribution is 0.565. The first-order valence-corrected chi connectivity index (χ1v) is 7.89. The molecule has 0 amide bonds. The van der Waals surface area contributed by atoms with Crippen LogP contribution in [-0.2, 0) is 10.0 Å². The Morgan fingerprint density at radius 2 is 1.95 bits per heavy atom. The molecule has 4 nitrogen and oxygen atoms in total. The molecule has 2 aromatic rings. The van der Waals surface area contributed by atoms with Gasteiger partial charge in [0, 0.05) is 11.1 Å². The third kappa shape index (κ3) is 3.37. The van der Waals surface area contributed by atoms with Gasteiger partial charge in [0.05, 0.1) is 10.9 Å². The van der Waals surface area contributed by atoms with E-state index in [2.05, 4.69) is 9.71 Å². The smallest absolute Gasteiger partial charge is 0.241 e. The van der Waals surface area contributed by atoms with Crippen molar-refractivity contribution in [2.45, 2.75) is 24.8 Å². The number of halogens is 1. The van der Waals surface area contributed by atoms with Crippen molar-refractivity contribution in [3.63, 3.8) is 0 Å². The molecule has 1 atom stereocenters. The zero-order valence-electron chi connectivity index (χ0n) is 10.4. The lowest BCUT2D eigenvalue weighted by atomic mass is 10.4. The summed E-state index contributed by atoms with van der Waals surface area (Å²) in [6.45, 7) is 3.63. The second-order valence-electron chi connectivity index (χ2n) is 4.11. The number of hydrogen-bond donors (Lipinski definition) is 1. The summed E-state index contributed by atoms with van der Waals surface area (Å²) >= 11 is 1.44. The Morgan fingerprint density at radius 3 is 2.47 bits per heavy atom. The number of nitrogens with zero attached hydrogens (tertiary/aromatic N) is 1. The quantitative estimate of drug-likeness (QED) is 0.944. The fraction of sp³-hybridized carbons (Fsp3) is 0.250. The topological polar surface area (TPSA) is 59.1 Å². The van der Waals surface area contributed by atoms with E-state index in [1.807, 2.05) is 6.92 Å². The zero-order chi connectivity index (χ0) is 14.0. The predicted molar refractivity (Wildman–Crippen MR) is 72.0 cm³/mol. The fourth-order valence-corrected chi connectivity index (χ4v) is 3.60. The number of aryl methyl sites for hydroxylation is 1. The highest BCUT2D eigenvalue weighted by Gasteiger charge is 2.20. The van der Waals surface area contributed by atoms with Crippen LogP contribution in [0.3, 0.4) is 0 Å². The highest BCUT2D eigenvalue weighted by molar-refractivity contribution is 7.89. The number of nitrogens with one attached hydrogen (secondary N) is 1. The Labute approximate surface area is 115 Å². The second kappa shape index (κ2) is 5.36. The molecule has 1 unspecified atom stereocenters. The first-order valence-electron chi connectivity index (χ1n) is 5.59. The summed E-state index contributed by atoms with van der Waals surface area (Å²) < 4.78 is 39.5. The molecule has 19 heavy (non-hydrogen) atoms. The van der Waals surface area contributed by atoms with Crippen molar-refractivity contribution in [1.82, 2.24) is 9.71 Å². The Bertz CT molecular complexity index is 665. The number of thiazole rings is 1.